The maximum absolute atomic E-state index is 13.3. The van der Waals surface area contributed by atoms with Crippen molar-refractivity contribution in [1.82, 2.24) is 9.47 Å². The molecule has 1 atom stereocenters. The van der Waals surface area contributed by atoms with Crippen LogP contribution in [-0.2, 0) is 13.0 Å². The minimum Gasteiger partial charge on any atom is -0.467 e. The van der Waals surface area contributed by atoms with Crippen LogP contribution < -0.4 is 0 Å². The van der Waals surface area contributed by atoms with E-state index < -0.39 is 0 Å². The zero-order valence-electron chi connectivity index (χ0n) is 16.7. The topological polar surface area (TPSA) is 38.4 Å². The summed E-state index contributed by atoms with van der Waals surface area (Å²) in [5.74, 6) is 1.08. The zero-order chi connectivity index (χ0) is 19.5. The monoisotopic (exact) mass is 376 g/mol. The number of hydrogen-bond donors (Lipinski definition) is 0. The summed E-state index contributed by atoms with van der Waals surface area (Å²) in [7, 11) is 0. The predicted molar refractivity (Wildman–Crippen MR) is 111 cm³/mol. The lowest BCUT2D eigenvalue weighted by molar-refractivity contribution is 0.0729. The van der Waals surface area contributed by atoms with E-state index in [9.17, 15) is 4.79 Å². The third kappa shape index (κ3) is 3.77. The number of carbonyl (C=O) groups is 1. The van der Waals surface area contributed by atoms with Crippen LogP contribution in [0.15, 0.2) is 59.2 Å². The Labute approximate surface area is 166 Å². The summed E-state index contributed by atoms with van der Waals surface area (Å²) in [6, 6.07) is 16.8. The Balaban J connectivity index is 1.48. The van der Waals surface area contributed by atoms with Crippen molar-refractivity contribution in [3.63, 3.8) is 0 Å². The molecule has 4 nitrogen and oxygen atoms in total. The molecule has 0 N–H and O–H groups in total. The van der Waals surface area contributed by atoms with Gasteiger partial charge in [0.15, 0.2) is 0 Å². The molecule has 146 valence electrons. The van der Waals surface area contributed by atoms with Crippen LogP contribution in [0.2, 0.25) is 0 Å². The van der Waals surface area contributed by atoms with Crippen molar-refractivity contribution in [3.05, 3.63) is 83.1 Å². The number of likely N-dealkylation sites (tertiary alicyclic amines) is 1. The first-order chi connectivity index (χ1) is 13.6. The Morgan fingerprint density at radius 2 is 1.96 bits per heavy atom. The molecule has 2 aromatic heterocycles. The van der Waals surface area contributed by atoms with E-state index in [0.717, 1.165) is 54.9 Å². The molecule has 1 fully saturated rings. The number of benzene rings is 1. The van der Waals surface area contributed by atoms with Crippen LogP contribution in [-0.4, -0.2) is 28.0 Å². The average Bonchev–Trinajstić information content (AvgIpc) is 3.44. The number of rotatable bonds is 6. The molecule has 0 aliphatic carbocycles. The van der Waals surface area contributed by atoms with E-state index in [0.29, 0.717) is 12.6 Å². The summed E-state index contributed by atoms with van der Waals surface area (Å²) in [4.78, 5) is 15.4. The largest absolute Gasteiger partial charge is 0.467 e. The third-order valence-corrected chi connectivity index (χ3v) is 5.95. The molecule has 1 amide bonds. The Hall–Kier alpha value is -2.75. The van der Waals surface area contributed by atoms with Gasteiger partial charge in [-0.1, -0.05) is 30.3 Å². The molecule has 1 saturated heterocycles. The minimum atomic E-state index is 0.175. The quantitative estimate of drug-likeness (QED) is 0.608. The molecule has 1 aliphatic heterocycles. The van der Waals surface area contributed by atoms with Gasteiger partial charge in [0.1, 0.15) is 5.76 Å². The fourth-order valence-electron chi connectivity index (χ4n) is 4.36. The Kier molecular flexibility index (Phi) is 5.38. The molecule has 3 heterocycles. The van der Waals surface area contributed by atoms with Gasteiger partial charge in [-0.25, -0.2) is 0 Å². The summed E-state index contributed by atoms with van der Waals surface area (Å²) in [6.45, 7) is 5.62. The van der Waals surface area contributed by atoms with E-state index >= 15 is 0 Å². The van der Waals surface area contributed by atoms with E-state index in [1.807, 2.05) is 31.2 Å². The first-order valence-electron chi connectivity index (χ1n) is 10.2. The van der Waals surface area contributed by atoms with Crippen molar-refractivity contribution < 1.29 is 9.21 Å². The highest BCUT2D eigenvalue weighted by Gasteiger charge is 2.31. The molecule has 0 spiro atoms. The summed E-state index contributed by atoms with van der Waals surface area (Å²) in [5.41, 5.74) is 4.29. The van der Waals surface area contributed by atoms with Gasteiger partial charge in [-0.05, 0) is 63.3 Å². The number of aryl methyl sites for hydroxylation is 2. The van der Waals surface area contributed by atoms with E-state index in [2.05, 4.69) is 40.7 Å². The summed E-state index contributed by atoms with van der Waals surface area (Å²) in [5, 5.41) is 0. The van der Waals surface area contributed by atoms with Crippen LogP contribution in [0, 0.1) is 13.8 Å². The Bertz CT molecular complexity index is 925. The molecule has 4 heteroatoms. The van der Waals surface area contributed by atoms with Crippen LogP contribution in [0.5, 0.6) is 0 Å². The van der Waals surface area contributed by atoms with Gasteiger partial charge in [-0.3, -0.25) is 4.79 Å². The highest BCUT2D eigenvalue weighted by atomic mass is 16.3. The lowest BCUT2D eigenvalue weighted by Crippen LogP contribution is -2.36. The Morgan fingerprint density at radius 1 is 1.14 bits per heavy atom. The van der Waals surface area contributed by atoms with E-state index in [1.165, 1.54) is 5.56 Å². The van der Waals surface area contributed by atoms with Crippen molar-refractivity contribution in [1.29, 1.82) is 0 Å². The molecule has 28 heavy (non-hydrogen) atoms. The third-order valence-electron chi connectivity index (χ3n) is 5.95. The molecule has 1 unspecified atom stereocenters. The molecule has 1 aromatic carbocycles. The number of amides is 1. The molecule has 3 aromatic rings. The van der Waals surface area contributed by atoms with Crippen LogP contribution in [0.25, 0.3) is 0 Å². The highest BCUT2D eigenvalue weighted by molar-refractivity contribution is 5.96. The fraction of sp³-hybridized carbons (Fsp3) is 0.375. The maximum Gasteiger partial charge on any atom is 0.255 e. The molecule has 1 aliphatic rings. The molecule has 4 rings (SSSR count). The summed E-state index contributed by atoms with van der Waals surface area (Å²) < 4.78 is 7.66. The van der Waals surface area contributed by atoms with Crippen molar-refractivity contribution in [3.8, 4) is 0 Å². The summed E-state index contributed by atoms with van der Waals surface area (Å²) >= 11 is 0. The Morgan fingerprint density at radius 3 is 2.71 bits per heavy atom. The second-order valence-electron chi connectivity index (χ2n) is 7.77. The lowest BCUT2D eigenvalue weighted by Gasteiger charge is -2.25. The van der Waals surface area contributed by atoms with Gasteiger partial charge >= 0.3 is 0 Å². The summed E-state index contributed by atoms with van der Waals surface area (Å²) in [6.07, 6.45) is 5.94. The minimum absolute atomic E-state index is 0.175. The first-order valence-corrected chi connectivity index (χ1v) is 10.2. The van der Waals surface area contributed by atoms with Crippen molar-refractivity contribution in [2.75, 3.05) is 6.54 Å². The number of carbonyl (C=O) groups excluding carboxylic acids is 1. The molecule has 0 radical (unpaired) electrons. The predicted octanol–water partition coefficient (Wildman–Crippen LogP) is 4.98. The van der Waals surface area contributed by atoms with Crippen LogP contribution in [0.3, 0.4) is 0 Å². The fourth-order valence-corrected chi connectivity index (χ4v) is 4.36. The highest BCUT2D eigenvalue weighted by Crippen LogP contribution is 2.26. The number of nitrogens with zero attached hydrogens (tertiary/aromatic N) is 2. The molecular formula is C24H28N2O2. The van der Waals surface area contributed by atoms with E-state index in [-0.39, 0.29) is 5.91 Å². The van der Waals surface area contributed by atoms with Crippen LogP contribution in [0.1, 0.15) is 52.3 Å². The van der Waals surface area contributed by atoms with Gasteiger partial charge in [0.05, 0.1) is 18.4 Å². The van der Waals surface area contributed by atoms with Crippen molar-refractivity contribution in [2.45, 2.75) is 52.1 Å². The molecular weight excluding hydrogens is 348 g/mol. The van der Waals surface area contributed by atoms with Crippen LogP contribution in [0.4, 0.5) is 0 Å². The van der Waals surface area contributed by atoms with Crippen molar-refractivity contribution in [2.24, 2.45) is 0 Å². The molecule has 0 bridgehead atoms. The first kappa shape index (κ1) is 18.6. The van der Waals surface area contributed by atoms with E-state index in [1.54, 1.807) is 6.26 Å². The number of furan rings is 1. The maximum atomic E-state index is 13.3. The van der Waals surface area contributed by atoms with Gasteiger partial charge in [0.25, 0.3) is 5.91 Å². The second-order valence-corrected chi connectivity index (χ2v) is 7.77. The van der Waals surface area contributed by atoms with Gasteiger partial charge in [-0.15, -0.1) is 0 Å². The standard InChI is InChI=1S/C24H28N2O2/c1-18-16-23(19(2)26(18)17-22-11-7-15-28-22)24(27)25-14-6-10-21(25)13-12-20-8-4-3-5-9-20/h3-5,7-9,11,15-16,21H,6,10,12-14,17H2,1-2H3. The van der Waals surface area contributed by atoms with Gasteiger partial charge in [0, 0.05) is 24.0 Å². The van der Waals surface area contributed by atoms with Crippen LogP contribution >= 0.6 is 0 Å². The number of aromatic nitrogens is 1. The second kappa shape index (κ2) is 8.09. The van der Waals surface area contributed by atoms with Crippen molar-refractivity contribution >= 4 is 5.91 Å². The normalized spacial score (nSPS) is 16.6. The number of hydrogen-bond acceptors (Lipinski definition) is 2. The average molecular weight is 377 g/mol. The van der Waals surface area contributed by atoms with E-state index in [4.69, 9.17) is 4.42 Å². The van der Waals surface area contributed by atoms with Gasteiger partial charge < -0.3 is 13.9 Å². The smallest absolute Gasteiger partial charge is 0.255 e. The zero-order valence-corrected chi connectivity index (χ0v) is 16.7. The molecule has 0 saturated carbocycles. The van der Waals surface area contributed by atoms with Gasteiger partial charge in [0.2, 0.25) is 0 Å². The SMILES string of the molecule is Cc1cc(C(=O)N2CCCC2CCc2ccccc2)c(C)n1Cc1ccco1. The lowest BCUT2D eigenvalue weighted by atomic mass is 10.0. The van der Waals surface area contributed by atoms with Gasteiger partial charge in [-0.2, -0.15) is 0 Å².